The molecule has 0 saturated carbocycles. The van der Waals surface area contributed by atoms with Crippen LogP contribution in [0, 0.1) is 11.3 Å². The highest BCUT2D eigenvalue weighted by atomic mass is 16.5. The van der Waals surface area contributed by atoms with Gasteiger partial charge in [0.2, 0.25) is 11.8 Å². The van der Waals surface area contributed by atoms with Crippen LogP contribution in [0.5, 0.6) is 11.5 Å². The van der Waals surface area contributed by atoms with E-state index in [-0.39, 0.29) is 24.8 Å². The molecule has 2 amide bonds. The first-order valence-electron chi connectivity index (χ1n) is 8.73. The molecule has 0 unspecified atom stereocenters. The highest BCUT2D eigenvalue weighted by Crippen LogP contribution is 2.28. The van der Waals surface area contributed by atoms with Crippen molar-refractivity contribution in [3.8, 4) is 17.6 Å². The fraction of sp³-hybridized carbons (Fsp3) is 0.286. The molecule has 0 aliphatic heterocycles. The molecule has 1 N–H and O–H groups in total. The monoisotopic (exact) mass is 381 g/mol. The highest BCUT2D eigenvalue weighted by molar-refractivity contribution is 5.91. The van der Waals surface area contributed by atoms with Crippen LogP contribution in [0.2, 0.25) is 0 Å². The van der Waals surface area contributed by atoms with Crippen LogP contribution >= 0.6 is 0 Å². The molecule has 0 radical (unpaired) electrons. The Kier molecular flexibility index (Phi) is 7.40. The zero-order valence-corrected chi connectivity index (χ0v) is 16.2. The third kappa shape index (κ3) is 5.74. The summed E-state index contributed by atoms with van der Waals surface area (Å²) in [7, 11) is 3.11. The van der Waals surface area contributed by atoms with Crippen molar-refractivity contribution in [1.82, 2.24) is 4.90 Å². The minimum absolute atomic E-state index is 0.124. The third-order valence-electron chi connectivity index (χ3n) is 4.17. The first-order chi connectivity index (χ1) is 13.5. The maximum Gasteiger partial charge on any atom is 0.226 e. The second-order valence-electron chi connectivity index (χ2n) is 6.12. The molecule has 0 aliphatic carbocycles. The van der Waals surface area contributed by atoms with Crippen LogP contribution in [0.1, 0.15) is 24.5 Å². The summed E-state index contributed by atoms with van der Waals surface area (Å²) >= 11 is 0. The Labute approximate surface area is 164 Å². The molecule has 0 bridgehead atoms. The van der Waals surface area contributed by atoms with Gasteiger partial charge in [0.05, 0.1) is 25.9 Å². The molecule has 2 aromatic rings. The van der Waals surface area contributed by atoms with E-state index in [1.54, 1.807) is 49.5 Å². The van der Waals surface area contributed by atoms with Crippen molar-refractivity contribution in [3.05, 3.63) is 53.6 Å². The lowest BCUT2D eigenvalue weighted by Crippen LogP contribution is -2.31. The van der Waals surface area contributed by atoms with Gasteiger partial charge in [0.25, 0.3) is 0 Å². The molecule has 0 aromatic heterocycles. The molecule has 2 aromatic carbocycles. The van der Waals surface area contributed by atoms with Crippen molar-refractivity contribution in [3.63, 3.8) is 0 Å². The number of carbonyl (C=O) groups is 2. The molecule has 0 saturated heterocycles. The first kappa shape index (κ1) is 20.8. The number of nitrogens with one attached hydrogen (secondary N) is 1. The summed E-state index contributed by atoms with van der Waals surface area (Å²) < 4.78 is 10.5. The van der Waals surface area contributed by atoms with Gasteiger partial charge in [-0.05, 0) is 42.0 Å². The maximum atomic E-state index is 12.2. The zero-order chi connectivity index (χ0) is 20.5. The molecular weight excluding hydrogens is 358 g/mol. The van der Waals surface area contributed by atoms with Gasteiger partial charge in [-0.3, -0.25) is 9.59 Å². The van der Waals surface area contributed by atoms with Crippen LogP contribution < -0.4 is 14.8 Å². The number of hydrogen-bond acceptors (Lipinski definition) is 5. The van der Waals surface area contributed by atoms with Crippen molar-refractivity contribution in [2.45, 2.75) is 19.9 Å². The lowest BCUT2D eigenvalue weighted by atomic mass is 10.1. The van der Waals surface area contributed by atoms with Gasteiger partial charge in [-0.15, -0.1) is 0 Å². The lowest BCUT2D eigenvalue weighted by molar-refractivity contribution is -0.129. The second-order valence-corrected chi connectivity index (χ2v) is 6.12. The van der Waals surface area contributed by atoms with Crippen LogP contribution in [0.3, 0.4) is 0 Å². The zero-order valence-electron chi connectivity index (χ0n) is 16.2. The number of nitriles is 1. The number of anilines is 1. The smallest absolute Gasteiger partial charge is 0.226 e. The Morgan fingerprint density at radius 2 is 1.75 bits per heavy atom. The van der Waals surface area contributed by atoms with E-state index in [1.165, 1.54) is 6.92 Å². The van der Waals surface area contributed by atoms with E-state index in [1.807, 2.05) is 18.2 Å². The van der Waals surface area contributed by atoms with Gasteiger partial charge >= 0.3 is 0 Å². The minimum atomic E-state index is -0.205. The molecule has 0 atom stereocenters. The summed E-state index contributed by atoms with van der Waals surface area (Å²) in [6.07, 6.45) is 0.160. The van der Waals surface area contributed by atoms with Crippen molar-refractivity contribution >= 4 is 17.5 Å². The summed E-state index contributed by atoms with van der Waals surface area (Å²) in [5.74, 6) is 0.869. The molecule has 2 rings (SSSR count). The Hall–Kier alpha value is -3.53. The number of methoxy groups -OCH3 is 2. The molecule has 7 heteroatoms. The molecule has 0 heterocycles. The molecule has 146 valence electrons. The number of hydrogen-bond donors (Lipinski definition) is 1. The summed E-state index contributed by atoms with van der Waals surface area (Å²) in [6, 6.07) is 14.1. The van der Waals surface area contributed by atoms with E-state index in [0.29, 0.717) is 29.3 Å². The van der Waals surface area contributed by atoms with E-state index in [2.05, 4.69) is 5.32 Å². The summed E-state index contributed by atoms with van der Waals surface area (Å²) in [6.45, 7) is 2.12. The van der Waals surface area contributed by atoms with Gasteiger partial charge in [-0.2, -0.15) is 5.26 Å². The van der Waals surface area contributed by atoms with Gasteiger partial charge in [-0.1, -0.05) is 6.07 Å². The predicted octanol–water partition coefficient (Wildman–Crippen LogP) is 2.95. The van der Waals surface area contributed by atoms with Gasteiger partial charge in [0.15, 0.2) is 11.5 Å². The number of rotatable bonds is 8. The van der Waals surface area contributed by atoms with Crippen LogP contribution in [-0.4, -0.2) is 37.5 Å². The number of carbonyl (C=O) groups excluding carboxylic acids is 2. The Balaban J connectivity index is 1.96. The average Bonchev–Trinajstić information content (AvgIpc) is 2.71. The van der Waals surface area contributed by atoms with Crippen molar-refractivity contribution in [2.24, 2.45) is 0 Å². The number of benzene rings is 2. The first-order valence-corrected chi connectivity index (χ1v) is 8.73. The molecular formula is C21H23N3O4. The van der Waals surface area contributed by atoms with Crippen molar-refractivity contribution in [1.29, 1.82) is 5.26 Å². The molecule has 7 nitrogen and oxygen atoms in total. The minimum Gasteiger partial charge on any atom is -0.493 e. The largest absolute Gasteiger partial charge is 0.493 e. The van der Waals surface area contributed by atoms with Gasteiger partial charge in [-0.25, -0.2) is 0 Å². The Morgan fingerprint density at radius 3 is 2.32 bits per heavy atom. The van der Waals surface area contributed by atoms with Crippen molar-refractivity contribution in [2.75, 3.05) is 26.1 Å². The van der Waals surface area contributed by atoms with Gasteiger partial charge < -0.3 is 19.7 Å². The van der Waals surface area contributed by atoms with E-state index < -0.39 is 0 Å². The maximum absolute atomic E-state index is 12.2. The predicted molar refractivity (Wildman–Crippen MR) is 105 cm³/mol. The number of amides is 2. The fourth-order valence-electron chi connectivity index (χ4n) is 2.64. The third-order valence-corrected chi connectivity index (χ3v) is 4.17. The SMILES string of the molecule is COc1ccc(CN(CCC(=O)Nc2ccc(C#N)cc2)C(C)=O)cc1OC. The van der Waals surface area contributed by atoms with Crippen molar-refractivity contribution < 1.29 is 19.1 Å². The van der Waals surface area contributed by atoms with E-state index >= 15 is 0 Å². The van der Waals surface area contributed by atoms with Crippen LogP contribution in [-0.2, 0) is 16.1 Å². The summed E-state index contributed by atoms with van der Waals surface area (Å²) in [4.78, 5) is 25.8. The Morgan fingerprint density at radius 1 is 1.07 bits per heavy atom. The van der Waals surface area contributed by atoms with Gasteiger partial charge in [0, 0.05) is 32.1 Å². The normalized spacial score (nSPS) is 9.93. The van der Waals surface area contributed by atoms with E-state index in [0.717, 1.165) is 5.56 Å². The quantitative estimate of drug-likeness (QED) is 0.759. The molecule has 0 spiro atoms. The average molecular weight is 381 g/mol. The molecule has 28 heavy (non-hydrogen) atoms. The standard InChI is InChI=1S/C21H23N3O4/c1-15(25)24(14-17-6-9-19(27-2)20(12-17)28-3)11-10-21(26)23-18-7-4-16(13-22)5-8-18/h4-9,12H,10-11,14H2,1-3H3,(H,23,26). The van der Waals surface area contributed by atoms with Gasteiger partial charge in [0.1, 0.15) is 0 Å². The molecule has 0 fully saturated rings. The van der Waals surface area contributed by atoms with E-state index in [9.17, 15) is 9.59 Å². The van der Waals surface area contributed by atoms with Crippen LogP contribution in [0.15, 0.2) is 42.5 Å². The summed E-state index contributed by atoms with van der Waals surface area (Å²) in [5.41, 5.74) is 2.01. The van der Waals surface area contributed by atoms with E-state index in [4.69, 9.17) is 14.7 Å². The lowest BCUT2D eigenvalue weighted by Gasteiger charge is -2.21. The fourth-order valence-corrected chi connectivity index (χ4v) is 2.64. The molecule has 0 aliphatic rings. The second kappa shape index (κ2) is 9.97. The topological polar surface area (TPSA) is 91.7 Å². The van der Waals surface area contributed by atoms with Crippen LogP contribution in [0.25, 0.3) is 0 Å². The Bertz CT molecular complexity index is 872. The summed E-state index contributed by atoms with van der Waals surface area (Å²) in [5, 5.41) is 11.6. The highest BCUT2D eigenvalue weighted by Gasteiger charge is 2.14. The number of nitrogens with zero attached hydrogens (tertiary/aromatic N) is 2. The number of ether oxygens (including phenoxy) is 2. The van der Waals surface area contributed by atoms with Crippen LogP contribution in [0.4, 0.5) is 5.69 Å².